The zero-order valence-corrected chi connectivity index (χ0v) is 9.70. The van der Waals surface area contributed by atoms with Gasteiger partial charge in [0.15, 0.2) is 0 Å². The predicted molar refractivity (Wildman–Crippen MR) is 53.1 cm³/mol. The molecule has 13 heavy (non-hydrogen) atoms. The molecule has 0 aliphatic rings. The second kappa shape index (κ2) is 7.78. The van der Waals surface area contributed by atoms with E-state index in [1.165, 1.54) is 4.67 Å². The summed E-state index contributed by atoms with van der Waals surface area (Å²) >= 11 is 0. The number of hydrogen-bond acceptors (Lipinski definition) is 2. The minimum absolute atomic E-state index is 0.509. The predicted octanol–water partition coefficient (Wildman–Crippen LogP) is 4.47. The Morgan fingerprint density at radius 3 is 2.00 bits per heavy atom. The van der Waals surface area contributed by atoms with E-state index in [2.05, 4.69) is 4.52 Å². The molecular formula is C6H15F3N2P2. The van der Waals surface area contributed by atoms with E-state index in [0.717, 1.165) is 12.8 Å². The topological polar surface area (TPSA) is 15.6 Å². The first kappa shape index (κ1) is 13.4. The molecule has 0 aromatic rings. The van der Waals surface area contributed by atoms with Gasteiger partial charge >= 0.3 is 0 Å². The molecule has 7 heteroatoms. The third-order valence-electron chi connectivity index (χ3n) is 1.35. The summed E-state index contributed by atoms with van der Waals surface area (Å²) in [4.78, 5) is 0. The Kier molecular flexibility index (Phi) is 8.03. The largest absolute Gasteiger partial charge is 0.289 e. The number of rotatable bonds is 6. The molecule has 0 aromatic carbocycles. The third kappa shape index (κ3) is 6.48. The van der Waals surface area contributed by atoms with Crippen molar-refractivity contribution < 1.29 is 12.6 Å². The SMILES string of the molecule is CCCN(CCC)P(F)N=[PH](F)F. The summed E-state index contributed by atoms with van der Waals surface area (Å²) in [6, 6.07) is 0. The highest BCUT2D eigenvalue weighted by Crippen LogP contribution is 2.51. The fourth-order valence-electron chi connectivity index (χ4n) is 0.919. The van der Waals surface area contributed by atoms with Gasteiger partial charge in [0, 0.05) is 13.1 Å². The maximum Gasteiger partial charge on any atom is 0.289 e. The Morgan fingerprint density at radius 1 is 1.23 bits per heavy atom. The lowest BCUT2D eigenvalue weighted by Crippen LogP contribution is -2.17. The van der Waals surface area contributed by atoms with Crippen LogP contribution in [-0.4, -0.2) is 17.8 Å². The molecule has 0 rings (SSSR count). The van der Waals surface area contributed by atoms with Crippen LogP contribution < -0.4 is 0 Å². The van der Waals surface area contributed by atoms with Crippen molar-refractivity contribution in [2.24, 2.45) is 4.52 Å². The summed E-state index contributed by atoms with van der Waals surface area (Å²) in [6.45, 7) is 4.80. The molecule has 1 unspecified atom stereocenters. The molecule has 0 aliphatic carbocycles. The minimum Gasteiger partial charge on any atom is -0.237 e. The molecule has 0 saturated carbocycles. The van der Waals surface area contributed by atoms with Crippen molar-refractivity contribution in [3.05, 3.63) is 0 Å². The normalized spacial score (nSPS) is 13.8. The van der Waals surface area contributed by atoms with Gasteiger partial charge < -0.3 is 0 Å². The summed E-state index contributed by atoms with van der Waals surface area (Å²) in [6.07, 6.45) is 1.53. The van der Waals surface area contributed by atoms with Crippen molar-refractivity contribution in [1.29, 1.82) is 0 Å². The van der Waals surface area contributed by atoms with E-state index in [1.54, 1.807) is 0 Å². The molecule has 0 radical (unpaired) electrons. The minimum atomic E-state index is -3.78. The van der Waals surface area contributed by atoms with Gasteiger partial charge in [-0.15, -0.1) is 0 Å². The van der Waals surface area contributed by atoms with Gasteiger partial charge in [-0.05, 0) is 12.8 Å². The first-order valence-corrected chi connectivity index (χ1v) is 6.56. The molecule has 0 spiro atoms. The molecule has 0 fully saturated rings. The molecule has 0 aliphatic heterocycles. The standard InChI is InChI=1S/C6H15F3N2P2/c1-3-5-11(6-4-2)13(9)10-12(7)8/h12H,3-6H2,1-2H3. The van der Waals surface area contributed by atoms with Crippen molar-refractivity contribution in [3.63, 3.8) is 0 Å². The van der Waals surface area contributed by atoms with Crippen LogP contribution in [0, 0.1) is 0 Å². The third-order valence-corrected chi connectivity index (χ3v) is 3.49. The summed E-state index contributed by atoms with van der Waals surface area (Å²) in [5, 5.41) is 0. The van der Waals surface area contributed by atoms with E-state index in [-0.39, 0.29) is 0 Å². The highest BCUT2D eigenvalue weighted by molar-refractivity contribution is 7.55. The Morgan fingerprint density at radius 2 is 1.69 bits per heavy atom. The molecule has 0 heterocycles. The van der Waals surface area contributed by atoms with Crippen LogP contribution in [0.25, 0.3) is 0 Å². The van der Waals surface area contributed by atoms with Gasteiger partial charge in [0.2, 0.25) is 0 Å². The van der Waals surface area contributed by atoms with Crippen LogP contribution >= 0.6 is 16.9 Å². The molecule has 1 atom stereocenters. The van der Waals surface area contributed by atoms with Crippen molar-refractivity contribution in [2.75, 3.05) is 13.1 Å². The molecule has 0 N–H and O–H groups in total. The van der Waals surface area contributed by atoms with Crippen LogP contribution in [0.2, 0.25) is 0 Å². The van der Waals surface area contributed by atoms with Crippen LogP contribution in [0.5, 0.6) is 0 Å². The quantitative estimate of drug-likeness (QED) is 0.619. The maximum absolute atomic E-state index is 13.1. The average molecular weight is 234 g/mol. The van der Waals surface area contributed by atoms with Crippen LogP contribution in [0.3, 0.4) is 0 Å². The summed E-state index contributed by atoms with van der Waals surface area (Å²) in [5.74, 6) is 0. The van der Waals surface area contributed by atoms with E-state index >= 15 is 0 Å². The monoisotopic (exact) mass is 234 g/mol. The summed E-state index contributed by atoms with van der Waals surface area (Å²) in [7, 11) is -6.22. The van der Waals surface area contributed by atoms with Crippen LogP contribution in [0.4, 0.5) is 12.6 Å². The number of nitrogens with zero attached hydrogens (tertiary/aromatic N) is 2. The van der Waals surface area contributed by atoms with Gasteiger partial charge in [0.1, 0.15) is 0 Å². The lowest BCUT2D eigenvalue weighted by molar-refractivity contribution is 0.433. The Balaban J connectivity index is 4.09. The zero-order valence-electron chi connectivity index (χ0n) is 7.80. The van der Waals surface area contributed by atoms with Gasteiger partial charge in [-0.3, -0.25) is 0 Å². The average Bonchev–Trinajstić information content (AvgIpc) is 2.02. The van der Waals surface area contributed by atoms with E-state index in [1.807, 2.05) is 13.8 Å². The summed E-state index contributed by atoms with van der Waals surface area (Å²) in [5.41, 5.74) is 0. The Labute approximate surface area is 79.2 Å². The highest BCUT2D eigenvalue weighted by Gasteiger charge is 2.16. The van der Waals surface area contributed by atoms with Gasteiger partial charge in [-0.2, -0.15) is 17.1 Å². The van der Waals surface area contributed by atoms with Crippen molar-refractivity contribution in [2.45, 2.75) is 26.7 Å². The van der Waals surface area contributed by atoms with Gasteiger partial charge in [0.25, 0.3) is 16.9 Å². The molecular weight excluding hydrogens is 219 g/mol. The second-order valence-corrected chi connectivity index (χ2v) is 4.86. The van der Waals surface area contributed by atoms with E-state index < -0.39 is 16.9 Å². The molecule has 80 valence electrons. The second-order valence-electron chi connectivity index (χ2n) is 2.53. The zero-order chi connectivity index (χ0) is 10.3. The van der Waals surface area contributed by atoms with Crippen molar-refractivity contribution in [1.82, 2.24) is 4.67 Å². The fourth-order valence-corrected chi connectivity index (χ4v) is 2.65. The fraction of sp³-hybridized carbons (Fsp3) is 1.00. The lowest BCUT2D eigenvalue weighted by Gasteiger charge is -2.20. The van der Waals surface area contributed by atoms with E-state index in [4.69, 9.17) is 0 Å². The molecule has 2 nitrogen and oxygen atoms in total. The Hall–Kier alpha value is 0.410. The van der Waals surface area contributed by atoms with Gasteiger partial charge in [-0.25, -0.2) is 4.67 Å². The van der Waals surface area contributed by atoms with Crippen LogP contribution in [0.1, 0.15) is 26.7 Å². The first-order chi connectivity index (χ1) is 6.11. The molecule has 0 saturated heterocycles. The van der Waals surface area contributed by atoms with Crippen LogP contribution in [0.15, 0.2) is 4.52 Å². The van der Waals surface area contributed by atoms with Crippen molar-refractivity contribution in [3.8, 4) is 0 Å². The molecule has 0 aromatic heterocycles. The van der Waals surface area contributed by atoms with Crippen molar-refractivity contribution >= 4 is 16.9 Å². The molecule has 0 amide bonds. The number of halogens is 3. The van der Waals surface area contributed by atoms with Gasteiger partial charge in [0.05, 0.1) is 0 Å². The number of hydrogen-bond donors (Lipinski definition) is 0. The van der Waals surface area contributed by atoms with Crippen LogP contribution in [-0.2, 0) is 0 Å². The Bertz CT molecular complexity index is 158. The van der Waals surface area contributed by atoms with Gasteiger partial charge in [-0.1, -0.05) is 13.8 Å². The van der Waals surface area contributed by atoms with E-state index in [9.17, 15) is 12.6 Å². The summed E-state index contributed by atoms with van der Waals surface area (Å²) < 4.78 is 40.9. The smallest absolute Gasteiger partial charge is 0.237 e. The maximum atomic E-state index is 13.1. The lowest BCUT2D eigenvalue weighted by atomic mass is 10.4. The van der Waals surface area contributed by atoms with E-state index in [0.29, 0.717) is 13.1 Å². The first-order valence-electron chi connectivity index (χ1n) is 4.22. The highest BCUT2D eigenvalue weighted by atomic mass is 31.2. The molecule has 0 bridgehead atoms.